The molecular weight excluding hydrogens is 424 g/mol. The third kappa shape index (κ3) is 5.44. The van der Waals surface area contributed by atoms with Gasteiger partial charge >= 0.3 is 0 Å². The largest absolute Gasteiger partial charge is 0.322 e. The molecule has 2 aromatic carbocycles. The lowest BCUT2D eigenvalue weighted by Crippen LogP contribution is -2.15. The molecule has 1 aliphatic carbocycles. The van der Waals surface area contributed by atoms with E-state index in [9.17, 15) is 4.79 Å². The Bertz CT molecular complexity index is 1160. The van der Waals surface area contributed by atoms with Gasteiger partial charge in [-0.3, -0.25) is 4.79 Å². The van der Waals surface area contributed by atoms with E-state index in [1.54, 1.807) is 11.3 Å². The van der Waals surface area contributed by atoms with Crippen molar-refractivity contribution in [3.05, 3.63) is 80.7 Å². The number of aliphatic imine (C=N–C) groups is 1. The Labute approximate surface area is 202 Å². The minimum Gasteiger partial charge on any atom is -0.322 e. The molecule has 0 unspecified atom stereocenters. The maximum Gasteiger partial charge on any atom is 0.259 e. The van der Waals surface area contributed by atoms with E-state index in [1.165, 1.54) is 40.8 Å². The standard InChI is InChI=1S/C29H34N2OS/c1-19(2)23-16-14-22(15-17-23)18-30-29-27(24-11-7-5-6-8-13-26(24)33-29)28(32)31-25-12-9-10-20(3)21(25)4/h9-10,12,14-19H,5-8,11,13H2,1-4H3,(H,31,32). The van der Waals surface area contributed by atoms with Gasteiger partial charge < -0.3 is 5.32 Å². The monoisotopic (exact) mass is 458 g/mol. The number of aryl methyl sites for hydroxylation is 2. The number of carbonyl (C=O) groups excluding carboxylic acids is 1. The molecule has 0 aliphatic heterocycles. The molecule has 0 bridgehead atoms. The fourth-order valence-electron chi connectivity index (χ4n) is 4.40. The lowest BCUT2D eigenvalue weighted by Gasteiger charge is -2.13. The molecule has 33 heavy (non-hydrogen) atoms. The van der Waals surface area contributed by atoms with Crippen molar-refractivity contribution >= 4 is 34.1 Å². The van der Waals surface area contributed by atoms with Crippen LogP contribution in [-0.2, 0) is 12.8 Å². The number of rotatable bonds is 5. The summed E-state index contributed by atoms with van der Waals surface area (Å²) in [5.74, 6) is 0.470. The molecule has 0 radical (unpaired) electrons. The second kappa shape index (κ2) is 10.5. The predicted molar refractivity (Wildman–Crippen MR) is 142 cm³/mol. The molecule has 4 heteroatoms. The summed E-state index contributed by atoms with van der Waals surface area (Å²) in [4.78, 5) is 19.8. The number of nitrogens with zero attached hydrogens (tertiary/aromatic N) is 1. The predicted octanol–water partition coefficient (Wildman–Crippen LogP) is 8.15. The van der Waals surface area contributed by atoms with Crippen LogP contribution in [-0.4, -0.2) is 12.1 Å². The molecule has 0 atom stereocenters. The highest BCUT2D eigenvalue weighted by Gasteiger charge is 2.24. The topological polar surface area (TPSA) is 41.5 Å². The Morgan fingerprint density at radius 2 is 1.73 bits per heavy atom. The van der Waals surface area contributed by atoms with Gasteiger partial charge in [0, 0.05) is 16.8 Å². The SMILES string of the molecule is Cc1cccc(NC(=O)c2c(N=Cc3ccc(C(C)C)cc3)sc3c2CCCCCC3)c1C. The van der Waals surface area contributed by atoms with Crippen molar-refractivity contribution in [3.8, 4) is 0 Å². The number of hydrogen-bond acceptors (Lipinski definition) is 3. The summed E-state index contributed by atoms with van der Waals surface area (Å²) in [5, 5.41) is 4.02. The first kappa shape index (κ1) is 23.4. The zero-order valence-corrected chi connectivity index (χ0v) is 21.0. The number of fused-ring (bicyclic) bond motifs is 1. The Balaban J connectivity index is 1.69. The molecule has 0 spiro atoms. The van der Waals surface area contributed by atoms with E-state index in [1.807, 2.05) is 18.3 Å². The van der Waals surface area contributed by atoms with Gasteiger partial charge in [-0.15, -0.1) is 11.3 Å². The number of anilines is 1. The highest BCUT2D eigenvalue weighted by molar-refractivity contribution is 7.16. The van der Waals surface area contributed by atoms with Crippen LogP contribution in [0, 0.1) is 13.8 Å². The summed E-state index contributed by atoms with van der Waals surface area (Å²) in [5.41, 5.74) is 7.53. The van der Waals surface area contributed by atoms with Crippen molar-refractivity contribution in [3.63, 3.8) is 0 Å². The van der Waals surface area contributed by atoms with E-state index in [-0.39, 0.29) is 5.91 Å². The van der Waals surface area contributed by atoms with Crippen LogP contribution in [0.5, 0.6) is 0 Å². The number of thiophene rings is 1. The van der Waals surface area contributed by atoms with Crippen LogP contribution < -0.4 is 5.32 Å². The molecule has 172 valence electrons. The van der Waals surface area contributed by atoms with E-state index in [2.05, 4.69) is 63.3 Å². The summed E-state index contributed by atoms with van der Waals surface area (Å²) in [6.07, 6.45) is 8.72. The second-order valence-electron chi connectivity index (χ2n) is 9.38. The van der Waals surface area contributed by atoms with Gasteiger partial charge in [-0.25, -0.2) is 4.99 Å². The zero-order chi connectivity index (χ0) is 23.4. The fraction of sp³-hybridized carbons (Fsp3) is 0.379. The van der Waals surface area contributed by atoms with Crippen molar-refractivity contribution in [2.24, 2.45) is 4.99 Å². The number of benzene rings is 2. The average molecular weight is 459 g/mol. The highest BCUT2D eigenvalue weighted by atomic mass is 32.1. The van der Waals surface area contributed by atoms with E-state index in [0.717, 1.165) is 46.6 Å². The van der Waals surface area contributed by atoms with Gasteiger partial charge in [0.2, 0.25) is 0 Å². The number of hydrogen-bond donors (Lipinski definition) is 1. The summed E-state index contributed by atoms with van der Waals surface area (Å²) >= 11 is 1.70. The Hall–Kier alpha value is -2.72. The number of nitrogens with one attached hydrogen (secondary N) is 1. The zero-order valence-electron chi connectivity index (χ0n) is 20.2. The normalized spacial score (nSPS) is 14.2. The molecule has 0 saturated carbocycles. The van der Waals surface area contributed by atoms with Crippen molar-refractivity contribution in [1.29, 1.82) is 0 Å². The van der Waals surface area contributed by atoms with Gasteiger partial charge in [-0.1, -0.05) is 63.1 Å². The molecular formula is C29H34N2OS. The van der Waals surface area contributed by atoms with Crippen molar-refractivity contribution in [1.82, 2.24) is 0 Å². The minimum absolute atomic E-state index is 0.0379. The molecule has 3 aromatic rings. The van der Waals surface area contributed by atoms with Crippen molar-refractivity contribution in [2.45, 2.75) is 72.1 Å². The van der Waals surface area contributed by atoms with Crippen LogP contribution in [0.4, 0.5) is 10.7 Å². The average Bonchev–Trinajstić information content (AvgIpc) is 3.12. The first-order valence-electron chi connectivity index (χ1n) is 12.1. The van der Waals surface area contributed by atoms with E-state index >= 15 is 0 Å². The molecule has 3 nitrogen and oxygen atoms in total. The Morgan fingerprint density at radius 3 is 2.45 bits per heavy atom. The highest BCUT2D eigenvalue weighted by Crippen LogP contribution is 2.39. The number of amides is 1. The van der Waals surface area contributed by atoms with Crippen LogP contribution >= 0.6 is 11.3 Å². The lowest BCUT2D eigenvalue weighted by molar-refractivity contribution is 0.102. The number of carbonyl (C=O) groups is 1. The molecule has 0 fully saturated rings. The van der Waals surface area contributed by atoms with E-state index in [0.29, 0.717) is 5.92 Å². The molecule has 1 aromatic heterocycles. The summed E-state index contributed by atoms with van der Waals surface area (Å²) < 4.78 is 0. The maximum atomic E-state index is 13.6. The van der Waals surface area contributed by atoms with E-state index < -0.39 is 0 Å². The molecule has 1 N–H and O–H groups in total. The second-order valence-corrected chi connectivity index (χ2v) is 10.5. The van der Waals surface area contributed by atoms with Crippen LogP contribution in [0.25, 0.3) is 0 Å². The molecule has 4 rings (SSSR count). The third-order valence-corrected chi connectivity index (χ3v) is 7.87. The first-order valence-corrected chi connectivity index (χ1v) is 12.9. The van der Waals surface area contributed by atoms with Gasteiger partial charge in [0.25, 0.3) is 5.91 Å². The van der Waals surface area contributed by atoms with Crippen LogP contribution in [0.1, 0.15) is 88.5 Å². The minimum atomic E-state index is -0.0379. The van der Waals surface area contributed by atoms with Crippen LogP contribution in [0.15, 0.2) is 47.5 Å². The van der Waals surface area contributed by atoms with Crippen molar-refractivity contribution < 1.29 is 4.79 Å². The van der Waals surface area contributed by atoms with Crippen molar-refractivity contribution in [2.75, 3.05) is 5.32 Å². The van der Waals surface area contributed by atoms with Gasteiger partial charge in [0.05, 0.1) is 5.56 Å². The Morgan fingerprint density at radius 1 is 1.00 bits per heavy atom. The van der Waals surface area contributed by atoms with Gasteiger partial charge in [-0.2, -0.15) is 0 Å². The van der Waals surface area contributed by atoms with Gasteiger partial charge in [0.1, 0.15) is 5.00 Å². The molecule has 1 amide bonds. The van der Waals surface area contributed by atoms with Gasteiger partial charge in [-0.05, 0) is 79.3 Å². The van der Waals surface area contributed by atoms with Gasteiger partial charge in [0.15, 0.2) is 0 Å². The van der Waals surface area contributed by atoms with E-state index in [4.69, 9.17) is 4.99 Å². The quantitative estimate of drug-likeness (QED) is 0.385. The third-order valence-electron chi connectivity index (χ3n) is 6.67. The van der Waals surface area contributed by atoms with Crippen LogP contribution in [0.3, 0.4) is 0 Å². The summed E-state index contributed by atoms with van der Waals surface area (Å²) in [6.45, 7) is 8.53. The smallest absolute Gasteiger partial charge is 0.259 e. The maximum absolute atomic E-state index is 13.6. The summed E-state index contributed by atoms with van der Waals surface area (Å²) in [7, 11) is 0. The lowest BCUT2D eigenvalue weighted by atomic mass is 9.96. The molecule has 1 aliphatic rings. The Kier molecular flexibility index (Phi) is 7.44. The molecule has 1 heterocycles. The van der Waals surface area contributed by atoms with Crippen LogP contribution in [0.2, 0.25) is 0 Å². The molecule has 0 saturated heterocycles. The summed E-state index contributed by atoms with van der Waals surface area (Å²) in [6, 6.07) is 14.6. The fourth-order valence-corrected chi connectivity index (χ4v) is 5.63. The first-order chi connectivity index (χ1) is 15.9.